The molecule has 0 bridgehead atoms. The van der Waals surface area contributed by atoms with E-state index in [2.05, 4.69) is 83.1 Å². The SMILES string of the molecule is Clc1nc2ccccc2cc1C[NH2+]C(c1ccccc1)c1ccccc1. The van der Waals surface area contributed by atoms with E-state index in [4.69, 9.17) is 11.6 Å². The molecule has 1 aromatic heterocycles. The van der Waals surface area contributed by atoms with Gasteiger partial charge >= 0.3 is 0 Å². The van der Waals surface area contributed by atoms with E-state index in [1.807, 2.05) is 18.2 Å². The van der Waals surface area contributed by atoms with Crippen LogP contribution in [0.15, 0.2) is 91.0 Å². The van der Waals surface area contributed by atoms with E-state index in [9.17, 15) is 0 Å². The molecule has 3 heteroatoms. The van der Waals surface area contributed by atoms with Crippen LogP contribution < -0.4 is 5.32 Å². The van der Waals surface area contributed by atoms with Gasteiger partial charge in [0.15, 0.2) is 0 Å². The molecule has 26 heavy (non-hydrogen) atoms. The van der Waals surface area contributed by atoms with Crippen LogP contribution in [0, 0.1) is 0 Å². The summed E-state index contributed by atoms with van der Waals surface area (Å²) in [7, 11) is 0. The summed E-state index contributed by atoms with van der Waals surface area (Å²) in [6.45, 7) is 0.769. The molecule has 1 heterocycles. The predicted octanol–water partition coefficient (Wildman–Crippen LogP) is 4.74. The third-order valence-electron chi connectivity index (χ3n) is 4.64. The van der Waals surface area contributed by atoms with E-state index in [1.165, 1.54) is 11.1 Å². The van der Waals surface area contributed by atoms with Crippen molar-refractivity contribution in [2.24, 2.45) is 0 Å². The molecular formula is C23H20ClN2+. The number of nitrogens with two attached hydrogens (primary N) is 1. The molecule has 4 aromatic rings. The van der Waals surface area contributed by atoms with Crippen LogP contribution in [0.2, 0.25) is 5.15 Å². The Hall–Kier alpha value is -2.68. The molecule has 0 unspecified atom stereocenters. The van der Waals surface area contributed by atoms with Crippen LogP contribution in [0.25, 0.3) is 10.9 Å². The summed E-state index contributed by atoms with van der Waals surface area (Å²) < 4.78 is 0. The molecule has 0 fully saturated rings. The minimum absolute atomic E-state index is 0.222. The first-order chi connectivity index (χ1) is 12.8. The topological polar surface area (TPSA) is 29.5 Å². The number of halogens is 1. The predicted molar refractivity (Wildman–Crippen MR) is 107 cm³/mol. The van der Waals surface area contributed by atoms with Gasteiger partial charge in [-0.05, 0) is 12.1 Å². The maximum absolute atomic E-state index is 6.45. The van der Waals surface area contributed by atoms with Crippen molar-refractivity contribution in [1.82, 2.24) is 4.98 Å². The van der Waals surface area contributed by atoms with Gasteiger partial charge in [0.05, 0.1) is 5.52 Å². The zero-order valence-corrected chi connectivity index (χ0v) is 15.1. The van der Waals surface area contributed by atoms with Crippen LogP contribution in [-0.4, -0.2) is 4.98 Å². The molecule has 4 rings (SSSR count). The van der Waals surface area contributed by atoms with Crippen molar-refractivity contribution >= 4 is 22.5 Å². The zero-order valence-electron chi connectivity index (χ0n) is 14.3. The lowest BCUT2D eigenvalue weighted by molar-refractivity contribution is -0.702. The molecule has 0 radical (unpaired) electrons. The Morgan fingerprint density at radius 1 is 0.769 bits per heavy atom. The number of nitrogens with zero attached hydrogens (tertiary/aromatic N) is 1. The average molecular weight is 360 g/mol. The van der Waals surface area contributed by atoms with Crippen molar-refractivity contribution < 1.29 is 5.32 Å². The molecule has 0 aliphatic heterocycles. The van der Waals surface area contributed by atoms with Crippen molar-refractivity contribution in [2.75, 3.05) is 0 Å². The van der Waals surface area contributed by atoms with Gasteiger partial charge in [0, 0.05) is 22.1 Å². The zero-order chi connectivity index (χ0) is 17.8. The largest absolute Gasteiger partial charge is 0.332 e. The number of fused-ring (bicyclic) bond motifs is 1. The van der Waals surface area contributed by atoms with E-state index in [1.54, 1.807) is 0 Å². The van der Waals surface area contributed by atoms with Crippen molar-refractivity contribution in [3.05, 3.63) is 113 Å². The van der Waals surface area contributed by atoms with Crippen LogP contribution in [0.1, 0.15) is 22.7 Å². The Balaban J connectivity index is 1.64. The highest BCUT2D eigenvalue weighted by atomic mass is 35.5. The Kier molecular flexibility index (Phi) is 4.96. The smallest absolute Gasteiger partial charge is 0.138 e. The second-order valence-corrected chi connectivity index (χ2v) is 6.73. The highest BCUT2D eigenvalue weighted by Crippen LogP contribution is 2.21. The molecule has 0 amide bonds. The fourth-order valence-electron chi connectivity index (χ4n) is 3.31. The number of para-hydroxylation sites is 1. The first kappa shape index (κ1) is 16.8. The summed E-state index contributed by atoms with van der Waals surface area (Å²) in [5.41, 5.74) is 4.55. The Morgan fingerprint density at radius 2 is 1.35 bits per heavy atom. The minimum Gasteiger partial charge on any atom is -0.332 e. The van der Waals surface area contributed by atoms with Crippen molar-refractivity contribution in [1.29, 1.82) is 0 Å². The highest BCUT2D eigenvalue weighted by molar-refractivity contribution is 6.30. The monoisotopic (exact) mass is 359 g/mol. The third-order valence-corrected chi connectivity index (χ3v) is 4.97. The molecule has 0 saturated heterocycles. The molecule has 0 spiro atoms. The van der Waals surface area contributed by atoms with Gasteiger partial charge in [0.2, 0.25) is 0 Å². The fraction of sp³-hybridized carbons (Fsp3) is 0.0870. The normalized spacial score (nSPS) is 11.2. The van der Waals surface area contributed by atoms with E-state index in [0.717, 1.165) is 23.0 Å². The molecule has 3 aromatic carbocycles. The number of benzene rings is 3. The summed E-state index contributed by atoms with van der Waals surface area (Å²) in [6, 6.07) is 31.6. The Morgan fingerprint density at radius 3 is 2.00 bits per heavy atom. The lowest BCUT2D eigenvalue weighted by Crippen LogP contribution is -2.84. The van der Waals surface area contributed by atoms with Gasteiger partial charge in [-0.2, -0.15) is 0 Å². The van der Waals surface area contributed by atoms with Gasteiger partial charge in [-0.3, -0.25) is 0 Å². The summed E-state index contributed by atoms with van der Waals surface area (Å²) in [4.78, 5) is 4.54. The van der Waals surface area contributed by atoms with Crippen LogP contribution in [0.3, 0.4) is 0 Å². The number of rotatable bonds is 5. The second kappa shape index (κ2) is 7.69. The van der Waals surface area contributed by atoms with Gasteiger partial charge in [-0.15, -0.1) is 0 Å². The molecular weight excluding hydrogens is 340 g/mol. The summed E-state index contributed by atoms with van der Waals surface area (Å²) >= 11 is 6.45. The maximum atomic E-state index is 6.45. The van der Waals surface area contributed by atoms with Gasteiger partial charge < -0.3 is 5.32 Å². The van der Waals surface area contributed by atoms with Crippen LogP contribution in [0.5, 0.6) is 0 Å². The fourth-order valence-corrected chi connectivity index (χ4v) is 3.53. The third kappa shape index (κ3) is 3.62. The van der Waals surface area contributed by atoms with E-state index in [0.29, 0.717) is 5.15 Å². The Labute approximate surface area is 158 Å². The lowest BCUT2D eigenvalue weighted by atomic mass is 9.98. The van der Waals surface area contributed by atoms with Gasteiger partial charge in [0.1, 0.15) is 17.7 Å². The van der Waals surface area contributed by atoms with Gasteiger partial charge in [-0.1, -0.05) is 90.5 Å². The molecule has 2 N–H and O–H groups in total. The second-order valence-electron chi connectivity index (χ2n) is 6.37. The molecule has 0 aliphatic carbocycles. The standard InChI is InChI=1S/C23H19ClN2/c24-23-20(15-19-13-7-8-14-21(19)26-23)16-25-22(17-9-3-1-4-10-17)18-11-5-2-6-12-18/h1-15,22,25H,16H2/p+1. The van der Waals surface area contributed by atoms with Gasteiger partial charge in [-0.25, -0.2) is 4.98 Å². The quantitative estimate of drug-likeness (QED) is 0.512. The van der Waals surface area contributed by atoms with E-state index in [-0.39, 0.29) is 6.04 Å². The molecule has 0 saturated carbocycles. The first-order valence-electron chi connectivity index (χ1n) is 8.78. The van der Waals surface area contributed by atoms with Crippen LogP contribution in [-0.2, 0) is 6.54 Å². The first-order valence-corrected chi connectivity index (χ1v) is 9.16. The number of hydrogen-bond donors (Lipinski definition) is 1. The van der Waals surface area contributed by atoms with Crippen LogP contribution in [0.4, 0.5) is 0 Å². The molecule has 128 valence electrons. The summed E-state index contributed by atoms with van der Waals surface area (Å²) in [5.74, 6) is 0. The molecule has 0 atom stereocenters. The number of pyridine rings is 1. The number of hydrogen-bond acceptors (Lipinski definition) is 1. The van der Waals surface area contributed by atoms with Crippen LogP contribution >= 0.6 is 11.6 Å². The number of aromatic nitrogens is 1. The van der Waals surface area contributed by atoms with Crippen molar-refractivity contribution in [3.8, 4) is 0 Å². The van der Waals surface area contributed by atoms with E-state index >= 15 is 0 Å². The van der Waals surface area contributed by atoms with Gasteiger partial charge in [0.25, 0.3) is 0 Å². The van der Waals surface area contributed by atoms with E-state index < -0.39 is 0 Å². The minimum atomic E-state index is 0.222. The van der Waals surface area contributed by atoms with Crippen molar-refractivity contribution in [2.45, 2.75) is 12.6 Å². The molecule has 0 aliphatic rings. The lowest BCUT2D eigenvalue weighted by Gasteiger charge is -2.17. The number of quaternary nitrogens is 1. The van der Waals surface area contributed by atoms with Crippen molar-refractivity contribution in [3.63, 3.8) is 0 Å². The average Bonchev–Trinajstić information content (AvgIpc) is 2.70. The Bertz CT molecular complexity index is 961. The molecule has 2 nitrogen and oxygen atoms in total. The maximum Gasteiger partial charge on any atom is 0.138 e. The highest BCUT2D eigenvalue weighted by Gasteiger charge is 2.18. The summed E-state index contributed by atoms with van der Waals surface area (Å²) in [6.07, 6.45) is 0. The summed E-state index contributed by atoms with van der Waals surface area (Å²) in [5, 5.41) is 4.03.